The molecule has 2 unspecified atom stereocenters. The van der Waals surface area contributed by atoms with E-state index in [9.17, 15) is 14.5 Å². The second kappa shape index (κ2) is 5.35. The molecule has 1 saturated carbocycles. The lowest BCUT2D eigenvalue weighted by molar-refractivity contribution is -0.386. The van der Waals surface area contributed by atoms with E-state index in [0.717, 1.165) is 18.9 Å². The molecule has 0 saturated heterocycles. The Labute approximate surface area is 117 Å². The summed E-state index contributed by atoms with van der Waals surface area (Å²) in [7, 11) is 0. The molecule has 0 aromatic heterocycles. The van der Waals surface area contributed by atoms with E-state index in [0.29, 0.717) is 6.42 Å². The minimum absolute atomic E-state index is 0.0167. The largest absolute Gasteiger partial charge is 0.483 e. The van der Waals surface area contributed by atoms with Crippen LogP contribution in [0.2, 0.25) is 0 Å². The molecular formula is C11H12FIN2O3. The number of nitro groups is 1. The number of rotatable bonds is 3. The van der Waals surface area contributed by atoms with Gasteiger partial charge in [-0.15, -0.1) is 0 Å². The lowest BCUT2D eigenvalue weighted by Crippen LogP contribution is -2.19. The van der Waals surface area contributed by atoms with E-state index in [4.69, 9.17) is 10.5 Å². The Morgan fingerprint density at radius 2 is 2.22 bits per heavy atom. The SMILES string of the molecule is NC1CCC(Oc2cc(F)c(I)cc2[N+](=O)[O-])C1. The van der Waals surface area contributed by atoms with Crippen molar-refractivity contribution >= 4 is 28.3 Å². The fourth-order valence-corrected chi connectivity index (χ4v) is 2.47. The predicted octanol–water partition coefficient (Wildman–Crippen LogP) is 2.60. The molecule has 0 amide bonds. The van der Waals surface area contributed by atoms with Crippen LogP contribution in [0.15, 0.2) is 12.1 Å². The van der Waals surface area contributed by atoms with Gasteiger partial charge in [0.05, 0.1) is 8.49 Å². The van der Waals surface area contributed by atoms with Crippen LogP contribution in [-0.4, -0.2) is 17.1 Å². The summed E-state index contributed by atoms with van der Waals surface area (Å²) in [4.78, 5) is 10.3. The van der Waals surface area contributed by atoms with Crippen LogP contribution in [0.3, 0.4) is 0 Å². The standard InChI is InChI=1S/C11H12FIN2O3/c12-8-4-11(10(15(16)17)5-9(8)13)18-7-2-1-6(14)3-7/h4-7H,1-3,14H2. The van der Waals surface area contributed by atoms with Crippen LogP contribution < -0.4 is 10.5 Å². The van der Waals surface area contributed by atoms with Gasteiger partial charge in [0, 0.05) is 18.2 Å². The zero-order valence-corrected chi connectivity index (χ0v) is 11.6. The molecule has 1 aromatic carbocycles. The van der Waals surface area contributed by atoms with E-state index in [1.54, 1.807) is 22.6 Å². The van der Waals surface area contributed by atoms with Crippen molar-refractivity contribution in [1.82, 2.24) is 0 Å². The number of hydrogen-bond acceptors (Lipinski definition) is 4. The van der Waals surface area contributed by atoms with Gasteiger partial charge in [0.2, 0.25) is 0 Å². The third-order valence-electron chi connectivity index (χ3n) is 2.92. The van der Waals surface area contributed by atoms with Crippen LogP contribution in [0, 0.1) is 19.5 Å². The van der Waals surface area contributed by atoms with Gasteiger partial charge in [0.1, 0.15) is 11.9 Å². The molecule has 0 aliphatic heterocycles. The van der Waals surface area contributed by atoms with Crippen molar-refractivity contribution in [3.8, 4) is 5.75 Å². The van der Waals surface area contributed by atoms with Gasteiger partial charge in [-0.3, -0.25) is 10.1 Å². The Balaban J connectivity index is 2.25. The van der Waals surface area contributed by atoms with E-state index in [2.05, 4.69) is 0 Å². The zero-order valence-electron chi connectivity index (χ0n) is 9.44. The van der Waals surface area contributed by atoms with Crippen LogP contribution in [-0.2, 0) is 0 Å². The molecule has 98 valence electrons. The predicted molar refractivity (Wildman–Crippen MR) is 72.0 cm³/mol. The van der Waals surface area contributed by atoms with Crippen LogP contribution >= 0.6 is 22.6 Å². The average Bonchev–Trinajstić information content (AvgIpc) is 2.68. The lowest BCUT2D eigenvalue weighted by Gasteiger charge is -2.13. The highest BCUT2D eigenvalue weighted by Crippen LogP contribution is 2.33. The van der Waals surface area contributed by atoms with E-state index in [1.165, 1.54) is 6.07 Å². The summed E-state index contributed by atoms with van der Waals surface area (Å²) < 4.78 is 19.2. The first kappa shape index (κ1) is 13.5. The number of benzene rings is 1. The minimum Gasteiger partial charge on any atom is -0.483 e. The Morgan fingerprint density at radius 1 is 1.50 bits per heavy atom. The summed E-state index contributed by atoms with van der Waals surface area (Å²) in [6.07, 6.45) is 2.04. The quantitative estimate of drug-likeness (QED) is 0.507. The summed E-state index contributed by atoms with van der Waals surface area (Å²) in [6, 6.07) is 2.31. The van der Waals surface area contributed by atoms with E-state index >= 15 is 0 Å². The van der Waals surface area contributed by atoms with Crippen LogP contribution in [0.1, 0.15) is 19.3 Å². The number of nitrogens with two attached hydrogens (primary N) is 1. The zero-order chi connectivity index (χ0) is 13.3. The van der Waals surface area contributed by atoms with Crippen molar-refractivity contribution in [2.75, 3.05) is 0 Å². The third-order valence-corrected chi connectivity index (χ3v) is 3.74. The van der Waals surface area contributed by atoms with E-state index < -0.39 is 10.7 Å². The summed E-state index contributed by atoms with van der Waals surface area (Å²) in [5, 5.41) is 10.9. The molecule has 1 aliphatic rings. The molecule has 0 spiro atoms. The molecule has 1 aliphatic carbocycles. The number of nitrogens with zero attached hydrogens (tertiary/aromatic N) is 1. The van der Waals surface area contributed by atoms with Crippen LogP contribution in [0.25, 0.3) is 0 Å². The molecule has 2 rings (SSSR count). The van der Waals surface area contributed by atoms with Gasteiger partial charge in [0.15, 0.2) is 5.75 Å². The van der Waals surface area contributed by atoms with Gasteiger partial charge in [-0.05, 0) is 41.9 Å². The maximum absolute atomic E-state index is 13.4. The highest BCUT2D eigenvalue weighted by atomic mass is 127. The fourth-order valence-electron chi connectivity index (χ4n) is 2.02. The highest BCUT2D eigenvalue weighted by molar-refractivity contribution is 14.1. The van der Waals surface area contributed by atoms with E-state index in [1.807, 2.05) is 0 Å². The summed E-state index contributed by atoms with van der Waals surface area (Å²) >= 11 is 1.71. The molecule has 1 aromatic rings. The Morgan fingerprint density at radius 3 is 2.78 bits per heavy atom. The summed E-state index contributed by atoms with van der Waals surface area (Å²) in [6.45, 7) is 0. The van der Waals surface area contributed by atoms with Crippen molar-refractivity contribution in [3.63, 3.8) is 0 Å². The number of nitro benzene ring substituents is 1. The van der Waals surface area contributed by atoms with Gasteiger partial charge in [0.25, 0.3) is 0 Å². The van der Waals surface area contributed by atoms with Gasteiger partial charge in [-0.2, -0.15) is 0 Å². The molecule has 7 heteroatoms. The monoisotopic (exact) mass is 366 g/mol. The molecule has 2 N–H and O–H groups in total. The molecule has 0 heterocycles. The second-order valence-electron chi connectivity index (χ2n) is 4.30. The minimum atomic E-state index is -0.564. The number of halogens is 2. The maximum atomic E-state index is 13.4. The normalized spacial score (nSPS) is 23.1. The first-order valence-electron chi connectivity index (χ1n) is 5.53. The number of ether oxygens (including phenoxy) is 1. The number of hydrogen-bond donors (Lipinski definition) is 1. The average molecular weight is 366 g/mol. The van der Waals surface area contributed by atoms with Crippen molar-refractivity contribution in [2.24, 2.45) is 5.73 Å². The smallest absolute Gasteiger partial charge is 0.312 e. The molecule has 2 atom stereocenters. The molecule has 0 radical (unpaired) electrons. The maximum Gasteiger partial charge on any atom is 0.312 e. The molecule has 18 heavy (non-hydrogen) atoms. The first-order valence-corrected chi connectivity index (χ1v) is 6.61. The van der Waals surface area contributed by atoms with Crippen molar-refractivity contribution < 1.29 is 14.1 Å². The van der Waals surface area contributed by atoms with E-state index in [-0.39, 0.29) is 27.2 Å². The fraction of sp³-hybridized carbons (Fsp3) is 0.455. The molecule has 1 fully saturated rings. The topological polar surface area (TPSA) is 78.4 Å². The summed E-state index contributed by atoms with van der Waals surface area (Å²) in [5.74, 6) is -0.532. The Kier molecular flexibility index (Phi) is 4.00. The van der Waals surface area contributed by atoms with Crippen molar-refractivity contribution in [2.45, 2.75) is 31.4 Å². The second-order valence-corrected chi connectivity index (χ2v) is 5.47. The Hall–Kier alpha value is -0.960. The lowest BCUT2D eigenvalue weighted by atomic mass is 10.2. The Bertz CT molecular complexity index is 484. The van der Waals surface area contributed by atoms with Gasteiger partial charge < -0.3 is 10.5 Å². The van der Waals surface area contributed by atoms with Gasteiger partial charge in [-0.1, -0.05) is 0 Å². The van der Waals surface area contributed by atoms with Gasteiger partial charge in [-0.25, -0.2) is 4.39 Å². The molecule has 0 bridgehead atoms. The van der Waals surface area contributed by atoms with Crippen molar-refractivity contribution in [1.29, 1.82) is 0 Å². The third kappa shape index (κ3) is 2.89. The van der Waals surface area contributed by atoms with Gasteiger partial charge >= 0.3 is 5.69 Å². The first-order chi connectivity index (χ1) is 8.47. The van der Waals surface area contributed by atoms with Crippen LogP contribution in [0.5, 0.6) is 5.75 Å². The highest BCUT2D eigenvalue weighted by Gasteiger charge is 2.27. The van der Waals surface area contributed by atoms with Crippen LogP contribution in [0.4, 0.5) is 10.1 Å². The summed E-state index contributed by atoms with van der Waals surface area (Å²) in [5.41, 5.74) is 5.53. The molecule has 5 nitrogen and oxygen atoms in total. The van der Waals surface area contributed by atoms with Crippen molar-refractivity contribution in [3.05, 3.63) is 31.6 Å². The molecular weight excluding hydrogens is 354 g/mol.